The fraction of sp³-hybridized carbons (Fsp3) is 0.917. The molecule has 0 saturated heterocycles. The van der Waals surface area contributed by atoms with Gasteiger partial charge in [0.25, 0.3) is 0 Å². The fourth-order valence-electron chi connectivity index (χ4n) is 2.55. The molecule has 2 N–H and O–H groups in total. The molecule has 1 aliphatic rings. The first-order chi connectivity index (χ1) is 8.62. The molecule has 5 nitrogen and oxygen atoms in total. The van der Waals surface area contributed by atoms with E-state index in [1.165, 1.54) is 0 Å². The highest BCUT2D eigenvalue weighted by Crippen LogP contribution is 2.53. The summed E-state index contributed by atoms with van der Waals surface area (Å²) in [6.07, 6.45) is 2.86. The molecule has 0 spiro atoms. The van der Waals surface area contributed by atoms with Crippen molar-refractivity contribution in [1.29, 1.82) is 0 Å². The topological polar surface area (TPSA) is 83.8 Å². The second-order valence-electron chi connectivity index (χ2n) is 6.24. The van der Waals surface area contributed by atoms with E-state index in [-0.39, 0.29) is 24.3 Å². The molecule has 1 aliphatic carbocycles. The van der Waals surface area contributed by atoms with Crippen LogP contribution in [-0.4, -0.2) is 42.2 Å². The van der Waals surface area contributed by atoms with Crippen molar-refractivity contribution in [1.82, 2.24) is 0 Å². The number of hydrogen-bond acceptors (Lipinski definition) is 3. The van der Waals surface area contributed by atoms with Crippen molar-refractivity contribution in [2.24, 2.45) is 0 Å². The molecule has 0 amide bonds. The lowest BCUT2D eigenvalue weighted by atomic mass is 9.97. The lowest BCUT2D eigenvalue weighted by Crippen LogP contribution is -2.41. The Bertz CT molecular complexity index is 366. The van der Waals surface area contributed by atoms with Gasteiger partial charge in [0, 0.05) is 6.16 Å². The van der Waals surface area contributed by atoms with Crippen LogP contribution in [0.5, 0.6) is 0 Å². The van der Waals surface area contributed by atoms with Gasteiger partial charge in [0.2, 0.25) is 7.37 Å². The smallest absolute Gasteiger partial charge is 0.303 e. The lowest BCUT2D eigenvalue weighted by molar-refractivity contribution is -0.136. The molecular formula is C12H25O5PSi. The number of carboxylic acids is 1. The fourth-order valence-corrected chi connectivity index (χ4v) is 6.02. The van der Waals surface area contributed by atoms with Crippen molar-refractivity contribution in [2.45, 2.75) is 63.5 Å². The molecule has 7 heteroatoms. The molecule has 1 saturated carbocycles. The molecule has 0 aromatic heterocycles. The number of hydrogen-bond donors (Lipinski definition) is 2. The van der Waals surface area contributed by atoms with E-state index in [1.807, 2.05) is 0 Å². The first-order valence-corrected chi connectivity index (χ1v) is 12.2. The van der Waals surface area contributed by atoms with E-state index in [9.17, 15) is 14.3 Å². The van der Waals surface area contributed by atoms with Crippen molar-refractivity contribution in [3.05, 3.63) is 0 Å². The summed E-state index contributed by atoms with van der Waals surface area (Å²) in [7, 11) is -5.21. The highest BCUT2D eigenvalue weighted by atomic mass is 31.2. The van der Waals surface area contributed by atoms with Crippen LogP contribution in [0.25, 0.3) is 0 Å². The van der Waals surface area contributed by atoms with Crippen LogP contribution in [0, 0.1) is 0 Å². The summed E-state index contributed by atoms with van der Waals surface area (Å²) >= 11 is 0. The molecule has 0 aromatic rings. The zero-order valence-electron chi connectivity index (χ0n) is 12.0. The van der Waals surface area contributed by atoms with Crippen molar-refractivity contribution in [2.75, 3.05) is 6.16 Å². The van der Waals surface area contributed by atoms with Gasteiger partial charge in [0.05, 0.1) is 18.2 Å². The molecule has 0 bridgehead atoms. The monoisotopic (exact) mass is 308 g/mol. The van der Waals surface area contributed by atoms with Gasteiger partial charge in [-0.05, 0) is 32.5 Å². The summed E-state index contributed by atoms with van der Waals surface area (Å²) in [6, 6.07) is 0. The molecule has 112 valence electrons. The van der Waals surface area contributed by atoms with Gasteiger partial charge < -0.3 is 14.4 Å². The van der Waals surface area contributed by atoms with Crippen LogP contribution >= 0.6 is 7.37 Å². The molecule has 1 rings (SSSR count). The largest absolute Gasteiger partial charge is 0.481 e. The van der Waals surface area contributed by atoms with Crippen LogP contribution in [0.4, 0.5) is 0 Å². The minimum Gasteiger partial charge on any atom is -0.481 e. The predicted octanol–water partition coefficient (Wildman–Crippen LogP) is 2.89. The van der Waals surface area contributed by atoms with Gasteiger partial charge in [-0.2, -0.15) is 0 Å². The maximum absolute atomic E-state index is 12.4. The standard InChI is InChI=1S/C12H25O5PSi/c1-19(2,3)17-10-6-4-5-7-11(10)18(15,16)9-8-12(13)14/h10-11H,4-9H2,1-3H3,(H,13,14)(H,15,16). The second-order valence-corrected chi connectivity index (χ2v) is 13.3. The predicted molar refractivity (Wildman–Crippen MR) is 77.4 cm³/mol. The lowest BCUT2D eigenvalue weighted by Gasteiger charge is -2.37. The zero-order chi connectivity index (χ0) is 14.7. The third kappa shape index (κ3) is 5.77. The molecule has 0 aliphatic heterocycles. The van der Waals surface area contributed by atoms with E-state index < -0.39 is 21.7 Å². The molecule has 0 aromatic carbocycles. The molecule has 0 radical (unpaired) electrons. The van der Waals surface area contributed by atoms with E-state index in [4.69, 9.17) is 9.53 Å². The molecule has 3 unspecified atom stereocenters. The number of rotatable bonds is 6. The quantitative estimate of drug-likeness (QED) is 0.582. The Balaban J connectivity index is 2.75. The van der Waals surface area contributed by atoms with Crippen LogP contribution in [0.15, 0.2) is 0 Å². The molecule has 3 atom stereocenters. The van der Waals surface area contributed by atoms with Gasteiger partial charge in [0.1, 0.15) is 0 Å². The van der Waals surface area contributed by atoms with E-state index >= 15 is 0 Å². The summed E-state index contributed by atoms with van der Waals surface area (Å²) in [5.41, 5.74) is -0.382. The zero-order valence-corrected chi connectivity index (χ0v) is 13.9. The Labute approximate surface area is 115 Å². The van der Waals surface area contributed by atoms with Gasteiger partial charge in [-0.1, -0.05) is 12.8 Å². The van der Waals surface area contributed by atoms with Crippen molar-refractivity contribution in [3.8, 4) is 0 Å². The van der Waals surface area contributed by atoms with Crippen LogP contribution in [-0.2, 0) is 13.8 Å². The van der Waals surface area contributed by atoms with Crippen LogP contribution in [0.2, 0.25) is 19.6 Å². The third-order valence-corrected chi connectivity index (χ3v) is 6.84. The van der Waals surface area contributed by atoms with Gasteiger partial charge in [-0.15, -0.1) is 0 Å². The summed E-state index contributed by atoms with van der Waals surface area (Å²) in [5.74, 6) is -1.02. The first-order valence-electron chi connectivity index (χ1n) is 6.83. The third-order valence-electron chi connectivity index (χ3n) is 3.34. The van der Waals surface area contributed by atoms with Crippen LogP contribution in [0.3, 0.4) is 0 Å². The van der Waals surface area contributed by atoms with Crippen molar-refractivity contribution < 1.29 is 23.8 Å². The second kappa shape index (κ2) is 6.53. The van der Waals surface area contributed by atoms with Gasteiger partial charge in [0.15, 0.2) is 8.32 Å². The van der Waals surface area contributed by atoms with Crippen LogP contribution in [0.1, 0.15) is 32.1 Å². The minimum absolute atomic E-state index is 0.140. The summed E-state index contributed by atoms with van der Waals surface area (Å²) < 4.78 is 18.4. The van der Waals surface area contributed by atoms with E-state index in [0.29, 0.717) is 6.42 Å². The Morgan fingerprint density at radius 3 is 2.42 bits per heavy atom. The summed E-state index contributed by atoms with van der Waals surface area (Å²) in [6.45, 7) is 6.20. The average molecular weight is 308 g/mol. The Kier molecular flexibility index (Phi) is 5.80. The molecular weight excluding hydrogens is 283 g/mol. The van der Waals surface area contributed by atoms with Crippen molar-refractivity contribution >= 4 is 21.7 Å². The minimum atomic E-state index is -3.45. The van der Waals surface area contributed by atoms with E-state index in [2.05, 4.69) is 19.6 Å². The summed E-state index contributed by atoms with van der Waals surface area (Å²) in [5, 5.41) is 8.67. The van der Waals surface area contributed by atoms with Gasteiger partial charge >= 0.3 is 5.97 Å². The van der Waals surface area contributed by atoms with Gasteiger partial charge in [-0.25, -0.2) is 0 Å². The molecule has 19 heavy (non-hydrogen) atoms. The number of carboxylic acid groups (broad SMARTS) is 1. The van der Waals surface area contributed by atoms with E-state index in [0.717, 1.165) is 19.3 Å². The molecule has 0 heterocycles. The highest BCUT2D eigenvalue weighted by Gasteiger charge is 2.41. The Morgan fingerprint density at radius 2 is 1.89 bits per heavy atom. The maximum Gasteiger partial charge on any atom is 0.303 e. The van der Waals surface area contributed by atoms with Crippen LogP contribution < -0.4 is 0 Å². The van der Waals surface area contributed by atoms with Crippen molar-refractivity contribution in [3.63, 3.8) is 0 Å². The Hall–Kier alpha value is -0.163. The number of aliphatic carboxylic acids is 1. The molecule has 1 fully saturated rings. The average Bonchev–Trinajstić information content (AvgIpc) is 2.25. The Morgan fingerprint density at radius 1 is 1.32 bits per heavy atom. The highest BCUT2D eigenvalue weighted by molar-refractivity contribution is 7.58. The normalized spacial score (nSPS) is 27.8. The maximum atomic E-state index is 12.4. The first kappa shape index (κ1) is 16.9. The SMILES string of the molecule is C[Si](C)(C)OC1CCCCC1P(=O)(O)CCC(=O)O. The van der Waals surface area contributed by atoms with E-state index in [1.54, 1.807) is 0 Å². The number of carbonyl (C=O) groups is 1. The van der Waals surface area contributed by atoms with Gasteiger partial charge in [-0.3, -0.25) is 9.36 Å². The summed E-state index contributed by atoms with van der Waals surface area (Å²) in [4.78, 5) is 20.8.